The van der Waals surface area contributed by atoms with E-state index in [-0.39, 0.29) is 6.04 Å². The second-order valence-corrected chi connectivity index (χ2v) is 17.2. The molecular weight excluding hydrogens is 635 g/mol. The zero-order valence-corrected chi connectivity index (χ0v) is 36.5. The molecule has 0 aliphatic rings. The van der Waals surface area contributed by atoms with Gasteiger partial charge in [-0.25, -0.2) is 0 Å². The summed E-state index contributed by atoms with van der Waals surface area (Å²) in [6, 6.07) is -0.352. The fourth-order valence-electron chi connectivity index (χ4n) is 8.15. The Kier molecular flexibility index (Phi) is 44.3. The molecule has 1 atom stereocenters. The van der Waals surface area contributed by atoms with E-state index in [2.05, 4.69) is 18.7 Å². The number of carboxylic acids is 1. The van der Waals surface area contributed by atoms with Crippen molar-refractivity contribution in [3.8, 4) is 0 Å². The van der Waals surface area contributed by atoms with Gasteiger partial charge in [-0.3, -0.25) is 9.69 Å². The van der Waals surface area contributed by atoms with Gasteiger partial charge in [0.15, 0.2) is 0 Å². The average molecular weight is 734 g/mol. The number of hydrogen-bond acceptors (Lipinski definition) is 2. The Morgan fingerprint density at radius 1 is 0.327 bits per heavy atom. The van der Waals surface area contributed by atoms with E-state index in [4.69, 9.17) is 0 Å². The van der Waals surface area contributed by atoms with Gasteiger partial charge in [-0.2, -0.15) is 0 Å². The molecule has 0 heterocycles. The van der Waals surface area contributed by atoms with E-state index >= 15 is 0 Å². The molecule has 0 spiro atoms. The van der Waals surface area contributed by atoms with Gasteiger partial charge in [0.1, 0.15) is 6.04 Å². The SMILES string of the molecule is CCCCCCCCCCCCCCCCCCCCCCCN(CCCCCCCCCCCCCCCCCCCCCCC)C(C)C(=O)O. The van der Waals surface area contributed by atoms with Crippen LogP contribution in [0.25, 0.3) is 0 Å². The third kappa shape index (κ3) is 40.6. The van der Waals surface area contributed by atoms with Crippen LogP contribution >= 0.6 is 0 Å². The van der Waals surface area contributed by atoms with Crippen LogP contribution in [0.1, 0.15) is 290 Å². The number of carbonyl (C=O) groups is 1. The van der Waals surface area contributed by atoms with Crippen LogP contribution in [0.3, 0.4) is 0 Å². The first-order valence-corrected chi connectivity index (χ1v) is 24.6. The second kappa shape index (κ2) is 44.8. The van der Waals surface area contributed by atoms with Gasteiger partial charge in [0.05, 0.1) is 0 Å². The van der Waals surface area contributed by atoms with Gasteiger partial charge in [0.2, 0.25) is 0 Å². The summed E-state index contributed by atoms with van der Waals surface area (Å²) in [5, 5.41) is 9.65. The Morgan fingerprint density at radius 3 is 0.635 bits per heavy atom. The Balaban J connectivity index is 3.51. The molecule has 312 valence electrons. The summed E-state index contributed by atoms with van der Waals surface area (Å²) in [5.74, 6) is -0.660. The highest BCUT2D eigenvalue weighted by Crippen LogP contribution is 2.18. The van der Waals surface area contributed by atoms with Crippen molar-refractivity contribution < 1.29 is 9.90 Å². The zero-order chi connectivity index (χ0) is 37.8. The van der Waals surface area contributed by atoms with Crippen molar-refractivity contribution in [1.29, 1.82) is 0 Å². The second-order valence-electron chi connectivity index (χ2n) is 17.2. The van der Waals surface area contributed by atoms with Crippen molar-refractivity contribution in [2.75, 3.05) is 13.1 Å². The first-order valence-electron chi connectivity index (χ1n) is 24.6. The van der Waals surface area contributed by atoms with Gasteiger partial charge in [0, 0.05) is 0 Å². The predicted molar refractivity (Wildman–Crippen MR) is 234 cm³/mol. The minimum Gasteiger partial charge on any atom is -0.480 e. The number of rotatable bonds is 46. The van der Waals surface area contributed by atoms with Gasteiger partial charge in [-0.15, -0.1) is 0 Å². The van der Waals surface area contributed by atoms with Crippen molar-refractivity contribution in [3.05, 3.63) is 0 Å². The molecule has 1 N–H and O–H groups in total. The van der Waals surface area contributed by atoms with E-state index in [1.165, 1.54) is 257 Å². The Hall–Kier alpha value is -0.570. The number of nitrogens with zero attached hydrogens (tertiary/aromatic N) is 1. The highest BCUT2D eigenvalue weighted by Gasteiger charge is 2.19. The molecular formula is C49H99NO2. The molecule has 0 radical (unpaired) electrons. The fraction of sp³-hybridized carbons (Fsp3) is 0.980. The maximum absolute atomic E-state index is 11.7. The summed E-state index contributed by atoms with van der Waals surface area (Å²) < 4.78 is 0. The van der Waals surface area contributed by atoms with Crippen LogP contribution in [0.5, 0.6) is 0 Å². The van der Waals surface area contributed by atoms with Crippen LogP contribution in [0.15, 0.2) is 0 Å². The predicted octanol–water partition coefficient (Wildman–Crippen LogP) is 17.2. The lowest BCUT2D eigenvalue weighted by atomic mass is 10.0. The first kappa shape index (κ1) is 51.4. The van der Waals surface area contributed by atoms with E-state index in [9.17, 15) is 9.90 Å². The van der Waals surface area contributed by atoms with Crippen molar-refractivity contribution >= 4 is 5.97 Å². The van der Waals surface area contributed by atoms with Crippen LogP contribution < -0.4 is 0 Å². The fourth-order valence-corrected chi connectivity index (χ4v) is 8.15. The third-order valence-electron chi connectivity index (χ3n) is 12.0. The maximum atomic E-state index is 11.7. The smallest absolute Gasteiger partial charge is 0.320 e. The number of unbranched alkanes of at least 4 members (excludes halogenated alkanes) is 40. The summed E-state index contributed by atoms with van der Waals surface area (Å²) in [6.07, 6.45) is 59.0. The van der Waals surface area contributed by atoms with Gasteiger partial charge >= 0.3 is 5.97 Å². The van der Waals surface area contributed by atoms with E-state index in [1.54, 1.807) is 0 Å². The number of hydrogen-bond donors (Lipinski definition) is 1. The third-order valence-corrected chi connectivity index (χ3v) is 12.0. The van der Waals surface area contributed by atoms with Gasteiger partial charge in [0.25, 0.3) is 0 Å². The summed E-state index contributed by atoms with van der Waals surface area (Å²) in [6.45, 7) is 8.39. The first-order chi connectivity index (χ1) is 25.6. The Morgan fingerprint density at radius 2 is 0.481 bits per heavy atom. The highest BCUT2D eigenvalue weighted by atomic mass is 16.4. The van der Waals surface area contributed by atoms with Gasteiger partial charge < -0.3 is 5.11 Å². The molecule has 0 aromatic rings. The molecule has 0 rings (SSSR count). The molecule has 0 fully saturated rings. The topological polar surface area (TPSA) is 40.5 Å². The lowest BCUT2D eigenvalue weighted by Crippen LogP contribution is -2.40. The molecule has 0 aromatic heterocycles. The molecule has 0 saturated heterocycles. The van der Waals surface area contributed by atoms with Crippen molar-refractivity contribution in [1.82, 2.24) is 4.90 Å². The summed E-state index contributed by atoms with van der Waals surface area (Å²) in [4.78, 5) is 14.0. The van der Waals surface area contributed by atoms with Crippen LogP contribution in [-0.4, -0.2) is 35.1 Å². The minimum atomic E-state index is -0.660. The molecule has 52 heavy (non-hydrogen) atoms. The quantitative estimate of drug-likeness (QED) is 0.0633. The monoisotopic (exact) mass is 734 g/mol. The molecule has 0 amide bonds. The number of carboxylic acid groups (broad SMARTS) is 1. The molecule has 0 aromatic carbocycles. The molecule has 3 heteroatoms. The van der Waals surface area contributed by atoms with Gasteiger partial charge in [-0.1, -0.05) is 271 Å². The lowest BCUT2D eigenvalue weighted by molar-refractivity contribution is -0.142. The van der Waals surface area contributed by atoms with E-state index < -0.39 is 5.97 Å². The number of aliphatic carboxylic acids is 1. The Labute approximate surface area is 329 Å². The van der Waals surface area contributed by atoms with Crippen LogP contribution in [0.2, 0.25) is 0 Å². The summed E-state index contributed by atoms with van der Waals surface area (Å²) >= 11 is 0. The molecule has 0 aliphatic carbocycles. The average Bonchev–Trinajstić information content (AvgIpc) is 3.14. The molecule has 0 saturated carbocycles. The zero-order valence-electron chi connectivity index (χ0n) is 36.5. The van der Waals surface area contributed by atoms with E-state index in [1.807, 2.05) is 6.92 Å². The van der Waals surface area contributed by atoms with Crippen LogP contribution in [0, 0.1) is 0 Å². The van der Waals surface area contributed by atoms with Crippen molar-refractivity contribution in [2.45, 2.75) is 296 Å². The van der Waals surface area contributed by atoms with Crippen LogP contribution in [0.4, 0.5) is 0 Å². The van der Waals surface area contributed by atoms with Crippen molar-refractivity contribution in [3.63, 3.8) is 0 Å². The standard InChI is InChI=1S/C49H99NO2/c1-4-6-8-10-12-14-16-18-20-22-24-26-28-30-32-34-36-38-40-42-44-46-50(48(3)49(51)52)47-45-43-41-39-37-35-33-31-29-27-25-23-21-19-17-15-13-11-9-7-5-2/h48H,4-47H2,1-3H3,(H,51,52). The summed E-state index contributed by atoms with van der Waals surface area (Å²) in [7, 11) is 0. The molecule has 1 unspecified atom stereocenters. The summed E-state index contributed by atoms with van der Waals surface area (Å²) in [5.41, 5.74) is 0. The normalized spacial score (nSPS) is 12.3. The van der Waals surface area contributed by atoms with E-state index in [0.29, 0.717) is 0 Å². The van der Waals surface area contributed by atoms with Crippen molar-refractivity contribution in [2.24, 2.45) is 0 Å². The lowest BCUT2D eigenvalue weighted by Gasteiger charge is -2.26. The minimum absolute atomic E-state index is 0.352. The van der Waals surface area contributed by atoms with Gasteiger partial charge in [-0.05, 0) is 32.9 Å². The maximum Gasteiger partial charge on any atom is 0.320 e. The van der Waals surface area contributed by atoms with Crippen LogP contribution in [-0.2, 0) is 4.79 Å². The largest absolute Gasteiger partial charge is 0.480 e. The molecule has 0 bridgehead atoms. The Bertz CT molecular complexity index is 620. The molecule has 3 nitrogen and oxygen atoms in total. The van der Waals surface area contributed by atoms with E-state index in [0.717, 1.165) is 25.9 Å². The molecule has 0 aliphatic heterocycles. The highest BCUT2D eigenvalue weighted by molar-refractivity contribution is 5.72.